The van der Waals surface area contributed by atoms with E-state index in [0.29, 0.717) is 12.5 Å². The second-order valence-corrected chi connectivity index (χ2v) is 7.31. The number of amides is 1. The molecule has 1 atom stereocenters. The molecule has 132 valence electrons. The van der Waals surface area contributed by atoms with Crippen molar-refractivity contribution in [1.82, 2.24) is 15.2 Å². The van der Waals surface area contributed by atoms with Crippen molar-refractivity contribution in [3.8, 4) is 6.08 Å². The topological polar surface area (TPSA) is 67.6 Å². The second-order valence-electron chi connectivity index (χ2n) is 7.31. The quantitative estimate of drug-likeness (QED) is 0.893. The van der Waals surface area contributed by atoms with Gasteiger partial charge in [-0.05, 0) is 25.7 Å². The van der Waals surface area contributed by atoms with E-state index in [2.05, 4.69) is 15.2 Å². The van der Waals surface area contributed by atoms with E-state index in [1.165, 1.54) is 19.3 Å². The van der Waals surface area contributed by atoms with Gasteiger partial charge in [-0.25, -0.2) is 0 Å². The van der Waals surface area contributed by atoms with Gasteiger partial charge in [-0.15, -0.1) is 0 Å². The Balaban J connectivity index is 1.26. The Bertz CT molecular complexity index is 565. The van der Waals surface area contributed by atoms with Crippen molar-refractivity contribution in [2.45, 2.75) is 76.5 Å². The Labute approximate surface area is 142 Å². The van der Waals surface area contributed by atoms with E-state index in [1.807, 2.05) is 6.92 Å². The first kappa shape index (κ1) is 15.9. The minimum Gasteiger partial charge on any atom is -0.447 e. The third-order valence-corrected chi connectivity index (χ3v) is 5.65. The number of carbonyl (C=O) groups is 1. The summed E-state index contributed by atoms with van der Waals surface area (Å²) in [6.45, 7) is 4.12. The van der Waals surface area contributed by atoms with Crippen molar-refractivity contribution >= 4 is 5.91 Å². The van der Waals surface area contributed by atoms with Crippen molar-refractivity contribution in [3.63, 3.8) is 0 Å². The molecule has 0 radical (unpaired) electrons. The van der Waals surface area contributed by atoms with Crippen LogP contribution in [0.25, 0.3) is 0 Å². The van der Waals surface area contributed by atoms with Crippen LogP contribution in [0, 0.1) is 0 Å². The summed E-state index contributed by atoms with van der Waals surface area (Å²) in [5.74, 6) is 0.957. The molecule has 0 bridgehead atoms. The monoisotopic (exact) mass is 333 g/mol. The van der Waals surface area contributed by atoms with Gasteiger partial charge in [0.15, 0.2) is 0 Å². The predicted molar refractivity (Wildman–Crippen MR) is 89.0 cm³/mol. The van der Waals surface area contributed by atoms with Crippen molar-refractivity contribution in [3.05, 3.63) is 11.5 Å². The van der Waals surface area contributed by atoms with Crippen LogP contribution in [0.2, 0.25) is 0 Å². The Kier molecular flexibility index (Phi) is 4.48. The van der Waals surface area contributed by atoms with Crippen molar-refractivity contribution < 1.29 is 13.9 Å². The Morgan fingerprint density at radius 2 is 2.08 bits per heavy atom. The van der Waals surface area contributed by atoms with Gasteiger partial charge >= 0.3 is 6.08 Å². The van der Waals surface area contributed by atoms with Crippen LogP contribution in [0.3, 0.4) is 0 Å². The van der Waals surface area contributed by atoms with Crippen LogP contribution in [-0.2, 0) is 17.6 Å². The molecule has 2 aliphatic carbocycles. The van der Waals surface area contributed by atoms with Crippen LogP contribution in [0.1, 0.15) is 56.9 Å². The number of piperidine rings is 1. The molecular formula is C18H27N3O3. The zero-order chi connectivity index (χ0) is 16.5. The van der Waals surface area contributed by atoms with Gasteiger partial charge in [0.25, 0.3) is 0 Å². The lowest BCUT2D eigenvalue weighted by Gasteiger charge is -2.41. The lowest BCUT2D eigenvalue weighted by atomic mass is 9.90. The fourth-order valence-electron chi connectivity index (χ4n) is 3.94. The van der Waals surface area contributed by atoms with Crippen molar-refractivity contribution in [2.24, 2.45) is 0 Å². The first-order valence-corrected chi connectivity index (χ1v) is 9.40. The fourth-order valence-corrected chi connectivity index (χ4v) is 3.94. The summed E-state index contributed by atoms with van der Waals surface area (Å²) in [7, 11) is 0. The summed E-state index contributed by atoms with van der Waals surface area (Å²) in [5.41, 5.74) is 0.943. The molecule has 1 aromatic rings. The number of hydrogen-bond acceptors (Lipinski definition) is 5. The molecule has 0 spiro atoms. The molecule has 2 fully saturated rings. The standard InChI is InChI=1S/C18H27N3O3/c1-2-17(22)19-12-10-15-16(11-12)24-18(20-15)23-14-6-8-21(9-7-14)13-4-3-5-13/h12-14H,2-11H2,1H3,(H,19,22). The van der Waals surface area contributed by atoms with Gasteiger partial charge in [0.2, 0.25) is 5.91 Å². The molecule has 1 saturated carbocycles. The number of nitrogens with one attached hydrogen (secondary N) is 1. The molecule has 4 rings (SSSR count). The highest BCUT2D eigenvalue weighted by Gasteiger charge is 2.32. The number of nitrogens with zero attached hydrogens (tertiary/aromatic N) is 2. The first-order valence-electron chi connectivity index (χ1n) is 9.40. The van der Waals surface area contributed by atoms with Crippen LogP contribution in [0.15, 0.2) is 4.42 Å². The fraction of sp³-hybridized carbons (Fsp3) is 0.778. The number of oxazole rings is 1. The first-order chi connectivity index (χ1) is 11.7. The molecule has 0 aromatic carbocycles. The average molecular weight is 333 g/mol. The summed E-state index contributed by atoms with van der Waals surface area (Å²) >= 11 is 0. The van der Waals surface area contributed by atoms with E-state index in [-0.39, 0.29) is 18.1 Å². The molecule has 6 nitrogen and oxygen atoms in total. The molecule has 1 unspecified atom stereocenters. The minimum absolute atomic E-state index is 0.0832. The number of ether oxygens (including phenoxy) is 1. The highest BCUT2D eigenvalue weighted by Crippen LogP contribution is 2.30. The van der Waals surface area contributed by atoms with Gasteiger partial charge in [0, 0.05) is 44.4 Å². The zero-order valence-corrected chi connectivity index (χ0v) is 14.4. The predicted octanol–water partition coefficient (Wildman–Crippen LogP) is 2.06. The number of aromatic nitrogens is 1. The molecule has 1 amide bonds. The number of fused-ring (bicyclic) bond motifs is 1. The molecule has 1 aromatic heterocycles. The van der Waals surface area contributed by atoms with E-state index in [9.17, 15) is 4.79 Å². The molecule has 1 N–H and O–H groups in total. The third-order valence-electron chi connectivity index (χ3n) is 5.65. The van der Waals surface area contributed by atoms with Crippen LogP contribution >= 0.6 is 0 Å². The van der Waals surface area contributed by atoms with Gasteiger partial charge in [-0.3, -0.25) is 4.79 Å². The van der Waals surface area contributed by atoms with Crippen LogP contribution in [-0.4, -0.2) is 47.1 Å². The third kappa shape index (κ3) is 3.29. The SMILES string of the molecule is CCC(=O)NC1Cc2nc(OC3CCN(C4CCC4)CC3)oc2C1. The molecule has 1 saturated heterocycles. The van der Waals surface area contributed by atoms with Gasteiger partial charge in [-0.2, -0.15) is 4.98 Å². The smallest absolute Gasteiger partial charge is 0.394 e. The van der Waals surface area contributed by atoms with Crippen LogP contribution < -0.4 is 10.1 Å². The summed E-state index contributed by atoms with van der Waals surface area (Å²) in [6.07, 6.45) is 8.85. The maximum absolute atomic E-state index is 11.5. The van der Waals surface area contributed by atoms with E-state index in [0.717, 1.165) is 56.3 Å². The maximum atomic E-state index is 11.5. The summed E-state index contributed by atoms with van der Waals surface area (Å²) in [4.78, 5) is 18.6. The lowest BCUT2D eigenvalue weighted by Crippen LogP contribution is -2.46. The van der Waals surface area contributed by atoms with E-state index >= 15 is 0 Å². The highest BCUT2D eigenvalue weighted by atomic mass is 16.6. The molecule has 3 aliphatic rings. The van der Waals surface area contributed by atoms with Crippen molar-refractivity contribution in [2.75, 3.05) is 13.1 Å². The van der Waals surface area contributed by atoms with Gasteiger partial charge in [0.1, 0.15) is 11.9 Å². The number of hydrogen-bond donors (Lipinski definition) is 1. The van der Waals surface area contributed by atoms with Crippen molar-refractivity contribution in [1.29, 1.82) is 0 Å². The number of rotatable bonds is 5. The Morgan fingerprint density at radius 1 is 1.29 bits per heavy atom. The minimum atomic E-state index is 0.0832. The second kappa shape index (κ2) is 6.75. The Morgan fingerprint density at radius 3 is 2.71 bits per heavy atom. The number of likely N-dealkylation sites (tertiary alicyclic amines) is 1. The zero-order valence-electron chi connectivity index (χ0n) is 14.4. The summed E-state index contributed by atoms with van der Waals surface area (Å²) in [5, 5.41) is 3.00. The summed E-state index contributed by atoms with van der Waals surface area (Å²) in [6, 6.07) is 0.949. The van der Waals surface area contributed by atoms with Gasteiger partial charge in [0.05, 0.1) is 5.69 Å². The maximum Gasteiger partial charge on any atom is 0.394 e. The number of carbonyl (C=O) groups excluding carboxylic acids is 1. The normalized spacial score (nSPS) is 25.3. The van der Waals surface area contributed by atoms with E-state index < -0.39 is 0 Å². The average Bonchev–Trinajstić information content (AvgIpc) is 3.05. The molecule has 6 heteroatoms. The molecule has 1 aliphatic heterocycles. The molecular weight excluding hydrogens is 306 g/mol. The Hall–Kier alpha value is -1.56. The highest BCUT2D eigenvalue weighted by molar-refractivity contribution is 5.76. The molecule has 24 heavy (non-hydrogen) atoms. The largest absolute Gasteiger partial charge is 0.447 e. The van der Waals surface area contributed by atoms with E-state index in [1.54, 1.807) is 0 Å². The van der Waals surface area contributed by atoms with Crippen LogP contribution in [0.5, 0.6) is 6.08 Å². The summed E-state index contributed by atoms with van der Waals surface area (Å²) < 4.78 is 11.8. The molecule has 2 heterocycles. The van der Waals surface area contributed by atoms with E-state index in [4.69, 9.17) is 9.15 Å². The lowest BCUT2D eigenvalue weighted by molar-refractivity contribution is -0.121. The van der Waals surface area contributed by atoms with Gasteiger partial charge in [-0.1, -0.05) is 13.3 Å². The van der Waals surface area contributed by atoms with Gasteiger partial charge < -0.3 is 19.4 Å². The van der Waals surface area contributed by atoms with Crippen LogP contribution in [0.4, 0.5) is 0 Å².